The molecule has 0 aliphatic heterocycles. The maximum absolute atomic E-state index is 10.1. The van der Waals surface area contributed by atoms with Crippen molar-refractivity contribution in [2.24, 2.45) is 0 Å². The Morgan fingerprint density at radius 2 is 0.781 bits per heavy atom. The zero-order chi connectivity index (χ0) is 24.3. The van der Waals surface area contributed by atoms with E-state index < -0.39 is 86.2 Å². The van der Waals surface area contributed by atoms with Gasteiger partial charge in [-0.3, -0.25) is 0 Å². The molecular weight excluding hydrogens is 503 g/mol. The second-order valence-electron chi connectivity index (χ2n) is 5.97. The van der Waals surface area contributed by atoms with Gasteiger partial charge in [-0.2, -0.15) is 0 Å². The fourth-order valence-electron chi connectivity index (χ4n) is 1.73. The van der Waals surface area contributed by atoms with Crippen LogP contribution in [0.25, 0.3) is 0 Å². The molecule has 0 saturated carbocycles. The Morgan fingerprint density at radius 3 is 0.938 bits per heavy atom. The van der Waals surface area contributed by atoms with Gasteiger partial charge in [-0.15, -0.1) is 0 Å². The molecule has 0 rings (SSSR count). The third-order valence-electron chi connectivity index (χ3n) is 3.69. The first-order valence-electron chi connectivity index (χ1n) is 8.09. The smallest absolute Gasteiger partial charge is 1.00 e. The van der Waals surface area contributed by atoms with Crippen molar-refractivity contribution in [3.05, 3.63) is 0 Å². The number of hydrogen-bond donors (Lipinski definition) is 12. The molecule has 0 aromatic carbocycles. The summed E-state index contributed by atoms with van der Waals surface area (Å²) in [4.78, 5) is 20.2. The van der Waals surface area contributed by atoms with Gasteiger partial charge in [0.05, 0.1) is 25.2 Å². The molecule has 0 aromatic rings. The molecule has 0 heterocycles. The molecule has 10 atom stereocenters. The molecule has 182 valence electrons. The first-order chi connectivity index (χ1) is 13.6. The molecule has 0 spiro atoms. The third-order valence-corrected chi connectivity index (χ3v) is 3.69. The Morgan fingerprint density at radius 1 is 0.562 bits per heavy atom. The van der Waals surface area contributed by atoms with Crippen LogP contribution in [0.15, 0.2) is 0 Å². The summed E-state index contributed by atoms with van der Waals surface area (Å²) in [6, 6.07) is 0. The van der Waals surface area contributed by atoms with Gasteiger partial charge in [0.1, 0.15) is 61.0 Å². The molecule has 2 unspecified atom stereocenters. The predicted molar refractivity (Wildman–Crippen MR) is 91.1 cm³/mol. The molecule has 0 saturated heterocycles. The molecular formula is C14H27CaKO16. The fourth-order valence-corrected chi connectivity index (χ4v) is 1.73. The Balaban J connectivity index is -0.000000145. The van der Waals surface area contributed by atoms with Crippen molar-refractivity contribution < 1.29 is 134 Å². The van der Waals surface area contributed by atoms with Crippen LogP contribution in [0.3, 0.4) is 0 Å². The van der Waals surface area contributed by atoms with E-state index in [-0.39, 0.29) is 90.5 Å². The number of aliphatic hydroxyl groups excluding tert-OH is 12. The van der Waals surface area contributed by atoms with E-state index in [0.717, 1.165) is 0 Å². The van der Waals surface area contributed by atoms with E-state index in [0.29, 0.717) is 0 Å². The Bertz CT molecular complexity index is 478. The molecule has 0 aliphatic carbocycles. The molecule has 0 bridgehead atoms. The summed E-state index contributed by atoms with van der Waals surface area (Å²) in [5.41, 5.74) is 0. The number of aliphatic carboxylic acids is 2. The van der Waals surface area contributed by atoms with Gasteiger partial charge < -0.3 is 82.5 Å². The number of hydrogen-bond acceptors (Lipinski definition) is 16. The van der Waals surface area contributed by atoms with Crippen LogP contribution in [0.4, 0.5) is 0 Å². The number of carboxylic acid groups (broad SMARTS) is 2. The number of carbonyl (C=O) groups is 2. The van der Waals surface area contributed by atoms with E-state index in [1.165, 1.54) is 0 Å². The minimum Gasteiger partial charge on any atom is -1.00 e. The van der Waals surface area contributed by atoms with Crippen LogP contribution < -0.4 is 61.6 Å². The summed E-state index contributed by atoms with van der Waals surface area (Å²) in [5, 5.41) is 126. The summed E-state index contributed by atoms with van der Waals surface area (Å²) < 4.78 is 0. The number of carbonyl (C=O) groups excluding carboxylic acids is 2. The number of carboxylic acids is 2. The van der Waals surface area contributed by atoms with Crippen molar-refractivity contribution in [2.45, 2.75) is 61.0 Å². The van der Waals surface area contributed by atoms with E-state index in [2.05, 4.69) is 0 Å². The van der Waals surface area contributed by atoms with E-state index in [4.69, 9.17) is 61.3 Å². The van der Waals surface area contributed by atoms with E-state index in [1.54, 1.807) is 0 Å². The quantitative estimate of drug-likeness (QED) is 0.104. The van der Waals surface area contributed by atoms with Gasteiger partial charge in [-0.25, -0.2) is 0 Å². The van der Waals surface area contributed by atoms with Gasteiger partial charge in [0.2, 0.25) is 0 Å². The van der Waals surface area contributed by atoms with Crippen molar-refractivity contribution in [1.82, 2.24) is 0 Å². The molecule has 0 fully saturated rings. The normalized spacial score (nSPS) is 20.1. The van der Waals surface area contributed by atoms with Crippen LogP contribution in [0, 0.1) is 0 Å². The first-order valence-corrected chi connectivity index (χ1v) is 8.09. The average Bonchev–Trinajstić information content (AvgIpc) is 2.73. The second-order valence-corrected chi connectivity index (χ2v) is 5.97. The second kappa shape index (κ2) is 20.5. The number of aliphatic hydroxyl groups is 12. The Kier molecular flexibility index (Phi) is 26.0. The molecule has 0 amide bonds. The predicted octanol–water partition coefficient (Wildman–Crippen LogP) is -14.2. The Labute approximate surface area is 254 Å². The van der Waals surface area contributed by atoms with Crippen LogP contribution in [0.1, 0.15) is 1.43 Å². The van der Waals surface area contributed by atoms with Crippen molar-refractivity contribution in [2.75, 3.05) is 13.2 Å². The summed E-state index contributed by atoms with van der Waals surface area (Å²) in [7, 11) is 0. The molecule has 32 heavy (non-hydrogen) atoms. The van der Waals surface area contributed by atoms with Crippen molar-refractivity contribution in [3.63, 3.8) is 0 Å². The van der Waals surface area contributed by atoms with Gasteiger partial charge in [-0.05, 0) is 0 Å². The monoisotopic (exact) mass is 530 g/mol. The van der Waals surface area contributed by atoms with Gasteiger partial charge in [0.15, 0.2) is 0 Å². The van der Waals surface area contributed by atoms with Gasteiger partial charge in [-0.1, -0.05) is 0 Å². The topological polar surface area (TPSA) is 323 Å². The number of rotatable bonds is 12. The molecule has 0 radical (unpaired) electrons. The van der Waals surface area contributed by atoms with Crippen LogP contribution in [0.5, 0.6) is 0 Å². The Hall–Kier alpha value is 1.36. The van der Waals surface area contributed by atoms with E-state index >= 15 is 0 Å². The largest absolute Gasteiger partial charge is 2.00 e. The summed E-state index contributed by atoms with van der Waals surface area (Å²) in [5.74, 6) is -4.07. The van der Waals surface area contributed by atoms with Gasteiger partial charge in [0, 0.05) is 0 Å². The van der Waals surface area contributed by atoms with Crippen molar-refractivity contribution in [3.8, 4) is 0 Å². The van der Waals surface area contributed by atoms with Gasteiger partial charge >= 0.3 is 89.1 Å². The van der Waals surface area contributed by atoms with Crippen molar-refractivity contribution in [1.29, 1.82) is 0 Å². The van der Waals surface area contributed by atoms with Gasteiger partial charge in [0.25, 0.3) is 0 Å². The summed E-state index contributed by atoms with van der Waals surface area (Å²) in [6.07, 6.45) is -21.0. The molecule has 12 N–H and O–H groups in total. The first kappa shape index (κ1) is 40.5. The standard InChI is InChI=1S/2C7H14O8.Ca.K.H/c2*8-1-2(9)3(10)4(11)5(12)6(13)7(14)15;;;/h2*2-6,8-13H,1H2,(H,14,15);;;/q;;+2;+1;-1/p-2/t2*2-,3-,4+,5-,6?;;;/m11.../s1. The average molecular weight is 531 g/mol. The summed E-state index contributed by atoms with van der Waals surface area (Å²) >= 11 is 0. The molecule has 18 heteroatoms. The molecule has 0 aromatic heterocycles. The van der Waals surface area contributed by atoms with Crippen LogP contribution in [-0.4, -0.2) is 185 Å². The van der Waals surface area contributed by atoms with Crippen molar-refractivity contribution >= 4 is 49.7 Å². The minimum atomic E-state index is -2.40. The summed E-state index contributed by atoms with van der Waals surface area (Å²) in [6.45, 7) is -1.79. The van der Waals surface area contributed by atoms with E-state index in [9.17, 15) is 19.8 Å². The maximum Gasteiger partial charge on any atom is 2.00 e. The fraction of sp³-hybridized carbons (Fsp3) is 0.857. The maximum atomic E-state index is 10.1. The third kappa shape index (κ3) is 14.0. The zero-order valence-corrected chi connectivity index (χ0v) is 22.2. The van der Waals surface area contributed by atoms with Crippen LogP contribution in [-0.2, 0) is 9.59 Å². The van der Waals surface area contributed by atoms with Crippen LogP contribution in [0.2, 0.25) is 0 Å². The SMILES string of the molecule is O=C([O-])C(O)[C@H](O)[C@@H](O)[C@H](O)[C@H](O)CO.O=C([O-])C(O)[C@H](O)[C@@H](O)[C@H](O)[C@H](O)CO.[Ca+2].[H-].[K+]. The minimum absolute atomic E-state index is 0. The molecule has 0 aliphatic rings. The molecule has 16 nitrogen and oxygen atoms in total. The van der Waals surface area contributed by atoms with E-state index in [1.807, 2.05) is 0 Å². The van der Waals surface area contributed by atoms with Crippen LogP contribution >= 0.6 is 0 Å². The zero-order valence-electron chi connectivity index (χ0n) is 17.9.